The highest BCUT2D eigenvalue weighted by Gasteiger charge is 2.45. The van der Waals surface area contributed by atoms with Crippen LogP contribution in [0.2, 0.25) is 0 Å². The molecule has 0 aromatic carbocycles. The Hall–Kier alpha value is -0.740. The predicted octanol–water partition coefficient (Wildman–Crippen LogP) is 1.79. The van der Waals surface area contributed by atoms with Crippen molar-refractivity contribution in [3.05, 3.63) is 0 Å². The molecule has 0 heterocycles. The maximum Gasteiger partial charge on any atom is 0.432 e. The summed E-state index contributed by atoms with van der Waals surface area (Å²) in [6.07, 6.45) is -3.48. The van der Waals surface area contributed by atoms with Crippen LogP contribution in [-0.4, -0.2) is 17.1 Å². The molecular weight excluding hydrogens is 147 g/mol. The number of nitrogens with zero attached hydrogens (tertiary/aromatic N) is 1. The first kappa shape index (κ1) is 7.37. The van der Waals surface area contributed by atoms with Gasteiger partial charge in [0.25, 0.3) is 0 Å². The van der Waals surface area contributed by atoms with E-state index in [0.29, 0.717) is 12.8 Å². The molecule has 0 aromatic rings. The Bertz CT molecular complexity index is 159. The summed E-state index contributed by atoms with van der Waals surface area (Å²) in [4.78, 5) is 0. The van der Waals surface area contributed by atoms with Crippen LogP contribution in [0.4, 0.5) is 13.2 Å². The van der Waals surface area contributed by atoms with Gasteiger partial charge in [0, 0.05) is 5.92 Å². The lowest BCUT2D eigenvalue weighted by atomic mass is 10.2. The van der Waals surface area contributed by atoms with E-state index in [2.05, 4.69) is 5.16 Å². The van der Waals surface area contributed by atoms with Gasteiger partial charge in [-0.25, -0.2) is 0 Å². The molecule has 0 saturated heterocycles. The minimum Gasteiger partial charge on any atom is -0.411 e. The Kier molecular flexibility index (Phi) is 1.58. The van der Waals surface area contributed by atoms with E-state index >= 15 is 0 Å². The SMILES string of the molecule is O/N=C(/C1CC1)C(F)(F)F. The minimum atomic E-state index is -4.45. The van der Waals surface area contributed by atoms with E-state index in [4.69, 9.17) is 5.21 Å². The zero-order chi connectivity index (χ0) is 7.78. The zero-order valence-electron chi connectivity index (χ0n) is 5.02. The lowest BCUT2D eigenvalue weighted by molar-refractivity contribution is -0.0634. The summed E-state index contributed by atoms with van der Waals surface area (Å²) < 4.78 is 35.2. The van der Waals surface area contributed by atoms with Gasteiger partial charge in [-0.05, 0) is 12.8 Å². The van der Waals surface area contributed by atoms with Crippen molar-refractivity contribution in [3.8, 4) is 0 Å². The van der Waals surface area contributed by atoms with Crippen molar-refractivity contribution in [1.82, 2.24) is 0 Å². The Morgan fingerprint density at radius 3 is 2.00 bits per heavy atom. The molecule has 1 saturated carbocycles. The topological polar surface area (TPSA) is 32.6 Å². The van der Waals surface area contributed by atoms with Crippen LogP contribution in [0.25, 0.3) is 0 Å². The average molecular weight is 153 g/mol. The van der Waals surface area contributed by atoms with E-state index in [1.807, 2.05) is 0 Å². The maximum absolute atomic E-state index is 11.7. The Balaban J connectivity index is 2.65. The predicted molar refractivity (Wildman–Crippen MR) is 28.0 cm³/mol. The van der Waals surface area contributed by atoms with E-state index in [0.717, 1.165) is 0 Å². The summed E-state index contributed by atoms with van der Waals surface area (Å²) in [6, 6.07) is 0. The molecule has 1 aliphatic carbocycles. The number of hydrogen-bond donors (Lipinski definition) is 1. The molecule has 2 nitrogen and oxygen atoms in total. The van der Waals surface area contributed by atoms with Crippen molar-refractivity contribution in [3.63, 3.8) is 0 Å². The fraction of sp³-hybridized carbons (Fsp3) is 0.800. The molecule has 1 N–H and O–H groups in total. The third-order valence-electron chi connectivity index (χ3n) is 1.36. The van der Waals surface area contributed by atoms with E-state index < -0.39 is 17.8 Å². The van der Waals surface area contributed by atoms with Gasteiger partial charge in [0.05, 0.1) is 0 Å². The largest absolute Gasteiger partial charge is 0.432 e. The summed E-state index contributed by atoms with van der Waals surface area (Å²) in [5.41, 5.74) is -1.03. The average Bonchev–Trinajstić information content (AvgIpc) is 2.46. The molecule has 1 rings (SSSR count). The summed E-state index contributed by atoms with van der Waals surface area (Å²) in [6.45, 7) is 0. The van der Waals surface area contributed by atoms with Gasteiger partial charge in [-0.15, -0.1) is 0 Å². The first-order valence-corrected chi connectivity index (χ1v) is 2.85. The molecule has 0 aliphatic heterocycles. The first-order valence-electron chi connectivity index (χ1n) is 2.85. The third kappa shape index (κ3) is 1.40. The first-order chi connectivity index (χ1) is 4.55. The second kappa shape index (κ2) is 2.14. The molecule has 0 unspecified atom stereocenters. The molecule has 0 aromatic heterocycles. The second-order valence-corrected chi connectivity index (χ2v) is 2.26. The van der Waals surface area contributed by atoms with Crippen molar-refractivity contribution in [1.29, 1.82) is 0 Å². The number of hydrogen-bond acceptors (Lipinski definition) is 2. The smallest absolute Gasteiger partial charge is 0.411 e. The van der Waals surface area contributed by atoms with Gasteiger partial charge < -0.3 is 5.21 Å². The molecule has 0 radical (unpaired) electrons. The normalized spacial score (nSPS) is 21.3. The lowest BCUT2D eigenvalue weighted by Crippen LogP contribution is -2.24. The monoisotopic (exact) mass is 153 g/mol. The molecule has 1 aliphatic rings. The molecule has 0 spiro atoms. The summed E-state index contributed by atoms with van der Waals surface area (Å²) >= 11 is 0. The molecule has 1 fully saturated rings. The van der Waals surface area contributed by atoms with Gasteiger partial charge in [0.15, 0.2) is 5.71 Å². The number of rotatable bonds is 1. The van der Waals surface area contributed by atoms with Gasteiger partial charge in [-0.1, -0.05) is 5.16 Å². The standard InChI is InChI=1S/C5H6F3NO/c6-5(7,8)4(9-10)3-1-2-3/h3,10H,1-2H2/b9-4-. The van der Waals surface area contributed by atoms with Crippen LogP contribution in [0, 0.1) is 5.92 Å². The maximum atomic E-state index is 11.7. The Morgan fingerprint density at radius 1 is 1.40 bits per heavy atom. The van der Waals surface area contributed by atoms with Crippen LogP contribution >= 0.6 is 0 Å². The molecule has 5 heteroatoms. The Labute approximate surface area is 55.3 Å². The van der Waals surface area contributed by atoms with Gasteiger partial charge in [0.1, 0.15) is 0 Å². The number of oxime groups is 1. The van der Waals surface area contributed by atoms with E-state index in [-0.39, 0.29) is 0 Å². The van der Waals surface area contributed by atoms with Crippen molar-refractivity contribution >= 4 is 5.71 Å². The highest BCUT2D eigenvalue weighted by Crippen LogP contribution is 2.37. The quantitative estimate of drug-likeness (QED) is 0.347. The van der Waals surface area contributed by atoms with E-state index in [1.54, 1.807) is 0 Å². The lowest BCUT2D eigenvalue weighted by Gasteiger charge is -2.05. The van der Waals surface area contributed by atoms with Gasteiger partial charge in [0.2, 0.25) is 0 Å². The van der Waals surface area contributed by atoms with Crippen LogP contribution in [0.1, 0.15) is 12.8 Å². The van der Waals surface area contributed by atoms with Crippen LogP contribution in [-0.2, 0) is 0 Å². The molecular formula is C5H6F3NO. The fourth-order valence-electron chi connectivity index (χ4n) is 0.727. The Morgan fingerprint density at radius 2 is 1.90 bits per heavy atom. The molecule has 0 atom stereocenters. The molecule has 58 valence electrons. The van der Waals surface area contributed by atoms with Crippen molar-refractivity contribution < 1.29 is 18.4 Å². The van der Waals surface area contributed by atoms with Crippen LogP contribution in [0.5, 0.6) is 0 Å². The highest BCUT2D eigenvalue weighted by molar-refractivity contribution is 5.93. The summed E-state index contributed by atoms with van der Waals surface area (Å²) in [5.74, 6) is -0.551. The number of halogens is 3. The van der Waals surface area contributed by atoms with E-state index in [9.17, 15) is 13.2 Å². The zero-order valence-corrected chi connectivity index (χ0v) is 5.02. The van der Waals surface area contributed by atoms with Crippen LogP contribution in [0.15, 0.2) is 5.16 Å². The van der Waals surface area contributed by atoms with Crippen molar-refractivity contribution in [2.75, 3.05) is 0 Å². The minimum absolute atomic E-state index is 0.485. The van der Waals surface area contributed by atoms with E-state index in [1.165, 1.54) is 0 Å². The molecule has 0 bridgehead atoms. The molecule has 10 heavy (non-hydrogen) atoms. The van der Waals surface area contributed by atoms with Crippen LogP contribution < -0.4 is 0 Å². The van der Waals surface area contributed by atoms with Gasteiger partial charge in [-0.2, -0.15) is 13.2 Å². The summed E-state index contributed by atoms with van der Waals surface area (Å²) in [7, 11) is 0. The molecule has 0 amide bonds. The van der Waals surface area contributed by atoms with Crippen molar-refractivity contribution in [2.45, 2.75) is 19.0 Å². The van der Waals surface area contributed by atoms with Gasteiger partial charge in [-0.3, -0.25) is 0 Å². The second-order valence-electron chi connectivity index (χ2n) is 2.26. The van der Waals surface area contributed by atoms with Crippen molar-refractivity contribution in [2.24, 2.45) is 11.1 Å². The third-order valence-corrected chi connectivity index (χ3v) is 1.36. The highest BCUT2D eigenvalue weighted by atomic mass is 19.4. The van der Waals surface area contributed by atoms with Crippen LogP contribution in [0.3, 0.4) is 0 Å². The fourth-order valence-corrected chi connectivity index (χ4v) is 0.727. The van der Waals surface area contributed by atoms with Gasteiger partial charge >= 0.3 is 6.18 Å². The number of alkyl halides is 3. The summed E-state index contributed by atoms with van der Waals surface area (Å²) in [5, 5.41) is 10.2.